The van der Waals surface area contributed by atoms with Crippen LogP contribution in [-0.2, 0) is 0 Å². The Morgan fingerprint density at radius 1 is 1.20 bits per heavy atom. The van der Waals surface area contributed by atoms with Gasteiger partial charge in [-0.25, -0.2) is 4.79 Å². The van der Waals surface area contributed by atoms with Crippen molar-refractivity contribution in [3.8, 4) is 0 Å². The summed E-state index contributed by atoms with van der Waals surface area (Å²) >= 11 is 0. The fraction of sp³-hybridized carbons (Fsp3) is 0.550. The third-order valence-corrected chi connectivity index (χ3v) is 5.15. The molecule has 0 saturated heterocycles. The predicted molar refractivity (Wildman–Crippen MR) is 98.5 cm³/mol. The maximum Gasteiger partial charge on any atom is 0.315 e. The lowest BCUT2D eigenvalue weighted by Crippen LogP contribution is -2.46. The lowest BCUT2D eigenvalue weighted by atomic mass is 9.93. The first-order chi connectivity index (χ1) is 12.0. The summed E-state index contributed by atoms with van der Waals surface area (Å²) in [6, 6.07) is 7.74. The number of nitrogens with one attached hydrogen (secondary N) is 2. The number of fused-ring (bicyclic) bond motifs is 1. The van der Waals surface area contributed by atoms with Crippen molar-refractivity contribution in [2.24, 2.45) is 5.92 Å². The van der Waals surface area contributed by atoms with Crippen molar-refractivity contribution in [3.63, 3.8) is 0 Å². The van der Waals surface area contributed by atoms with E-state index in [-0.39, 0.29) is 30.1 Å². The number of urea groups is 1. The monoisotopic (exact) mass is 344 g/mol. The number of aliphatic hydroxyl groups is 1. The van der Waals surface area contributed by atoms with Gasteiger partial charge in [-0.1, -0.05) is 32.0 Å². The maximum atomic E-state index is 12.5. The van der Waals surface area contributed by atoms with E-state index in [9.17, 15) is 9.90 Å². The van der Waals surface area contributed by atoms with Gasteiger partial charge < -0.3 is 20.2 Å². The van der Waals surface area contributed by atoms with Crippen LogP contribution in [-0.4, -0.2) is 23.3 Å². The van der Waals surface area contributed by atoms with Crippen LogP contribution < -0.4 is 10.6 Å². The minimum Gasteiger partial charge on any atom is -0.459 e. The Bertz CT molecular complexity index is 730. The molecule has 1 unspecified atom stereocenters. The summed E-state index contributed by atoms with van der Waals surface area (Å²) in [5.74, 6) is 1.03. The van der Waals surface area contributed by atoms with Crippen LogP contribution in [0.1, 0.15) is 56.9 Å². The van der Waals surface area contributed by atoms with Crippen molar-refractivity contribution in [2.75, 3.05) is 0 Å². The van der Waals surface area contributed by atoms with Gasteiger partial charge in [0.25, 0.3) is 0 Å². The van der Waals surface area contributed by atoms with E-state index in [0.29, 0.717) is 0 Å². The molecule has 5 heteroatoms. The maximum absolute atomic E-state index is 12.5. The van der Waals surface area contributed by atoms with Crippen LogP contribution in [0.4, 0.5) is 4.79 Å². The van der Waals surface area contributed by atoms with Crippen LogP contribution in [0, 0.1) is 12.8 Å². The van der Waals surface area contributed by atoms with Crippen molar-refractivity contribution in [1.29, 1.82) is 0 Å². The van der Waals surface area contributed by atoms with Gasteiger partial charge in [-0.3, -0.25) is 0 Å². The second-order valence-corrected chi connectivity index (χ2v) is 7.43. The minimum absolute atomic E-state index is 0.132. The van der Waals surface area contributed by atoms with Gasteiger partial charge in [-0.05, 0) is 44.6 Å². The molecule has 0 bridgehead atoms. The van der Waals surface area contributed by atoms with E-state index in [1.54, 1.807) is 0 Å². The van der Waals surface area contributed by atoms with Gasteiger partial charge in [0.2, 0.25) is 0 Å². The second kappa shape index (κ2) is 7.48. The van der Waals surface area contributed by atoms with Crippen LogP contribution in [0.2, 0.25) is 0 Å². The van der Waals surface area contributed by atoms with E-state index >= 15 is 0 Å². The summed E-state index contributed by atoms with van der Waals surface area (Å²) in [7, 11) is 0. The molecule has 1 saturated carbocycles. The molecular weight excluding hydrogens is 316 g/mol. The zero-order valence-corrected chi connectivity index (χ0v) is 15.2. The highest BCUT2D eigenvalue weighted by atomic mass is 16.3. The number of carbonyl (C=O) groups excluding carboxylic acids is 1. The number of aliphatic hydroxyl groups excluding tert-OH is 1. The molecule has 2 aromatic rings. The third kappa shape index (κ3) is 3.98. The summed E-state index contributed by atoms with van der Waals surface area (Å²) in [5, 5.41) is 16.8. The molecular formula is C20H28N2O3. The molecule has 1 aliphatic carbocycles. The highest BCUT2D eigenvalue weighted by Crippen LogP contribution is 2.32. The number of furan rings is 1. The number of hydrogen-bond acceptors (Lipinski definition) is 3. The Balaban J connectivity index is 1.72. The van der Waals surface area contributed by atoms with Gasteiger partial charge in [-0.15, -0.1) is 0 Å². The average Bonchev–Trinajstić information content (AvgIpc) is 2.91. The SMILES string of the molecule is Cc1c(C(NC(=O)NC2CCC(O)CC2)C(C)C)oc2ccccc12. The summed E-state index contributed by atoms with van der Waals surface area (Å²) in [6.45, 7) is 6.20. The highest BCUT2D eigenvalue weighted by Gasteiger charge is 2.27. The van der Waals surface area contributed by atoms with Crippen molar-refractivity contribution < 1.29 is 14.3 Å². The van der Waals surface area contributed by atoms with Crippen LogP contribution in [0.15, 0.2) is 28.7 Å². The normalized spacial score (nSPS) is 22.1. The molecule has 1 aromatic heterocycles. The lowest BCUT2D eigenvalue weighted by molar-refractivity contribution is 0.117. The second-order valence-electron chi connectivity index (χ2n) is 7.43. The molecule has 0 aliphatic heterocycles. The number of amides is 2. The van der Waals surface area contributed by atoms with Crippen molar-refractivity contribution in [1.82, 2.24) is 10.6 Å². The van der Waals surface area contributed by atoms with Crippen LogP contribution >= 0.6 is 0 Å². The number of carbonyl (C=O) groups is 1. The molecule has 5 nitrogen and oxygen atoms in total. The topological polar surface area (TPSA) is 74.5 Å². The van der Waals surface area contributed by atoms with E-state index in [2.05, 4.69) is 24.5 Å². The fourth-order valence-corrected chi connectivity index (χ4v) is 3.61. The van der Waals surface area contributed by atoms with Gasteiger partial charge in [0.05, 0.1) is 12.1 Å². The molecule has 2 amide bonds. The Morgan fingerprint density at radius 3 is 2.52 bits per heavy atom. The van der Waals surface area contributed by atoms with Crippen LogP contribution in [0.25, 0.3) is 11.0 Å². The molecule has 1 atom stereocenters. The lowest BCUT2D eigenvalue weighted by Gasteiger charge is -2.28. The smallest absolute Gasteiger partial charge is 0.315 e. The summed E-state index contributed by atoms with van der Waals surface area (Å²) < 4.78 is 6.05. The van der Waals surface area contributed by atoms with Crippen molar-refractivity contribution in [2.45, 2.75) is 64.6 Å². The fourth-order valence-electron chi connectivity index (χ4n) is 3.61. The summed E-state index contributed by atoms with van der Waals surface area (Å²) in [5.41, 5.74) is 1.93. The zero-order chi connectivity index (χ0) is 18.0. The Morgan fingerprint density at radius 2 is 1.88 bits per heavy atom. The number of aryl methyl sites for hydroxylation is 1. The number of para-hydroxylation sites is 1. The molecule has 0 spiro atoms. The van der Waals surface area contributed by atoms with Gasteiger partial charge in [-0.2, -0.15) is 0 Å². The van der Waals surface area contributed by atoms with Gasteiger partial charge in [0.1, 0.15) is 11.3 Å². The first-order valence-corrected chi connectivity index (χ1v) is 9.18. The quantitative estimate of drug-likeness (QED) is 0.783. The van der Waals surface area contributed by atoms with Crippen LogP contribution in [0.3, 0.4) is 0 Å². The Hall–Kier alpha value is -2.01. The standard InChI is InChI=1S/C20H28N2O3/c1-12(2)18(19-13(3)16-6-4-5-7-17(16)25-19)22-20(24)21-14-8-10-15(23)11-9-14/h4-7,12,14-15,18,23H,8-11H2,1-3H3,(H2,21,22,24). The number of hydrogen-bond donors (Lipinski definition) is 3. The largest absolute Gasteiger partial charge is 0.459 e. The molecule has 25 heavy (non-hydrogen) atoms. The van der Waals surface area contributed by atoms with E-state index in [1.807, 2.05) is 31.2 Å². The van der Waals surface area contributed by atoms with Crippen molar-refractivity contribution >= 4 is 17.0 Å². The van der Waals surface area contributed by atoms with Gasteiger partial charge >= 0.3 is 6.03 Å². The van der Waals surface area contributed by atoms with E-state index in [1.165, 1.54) is 0 Å². The predicted octanol–water partition coefficient (Wildman–Crippen LogP) is 4.04. The van der Waals surface area contributed by atoms with Gasteiger partial charge in [0, 0.05) is 17.0 Å². The first kappa shape index (κ1) is 17.8. The molecule has 1 heterocycles. The minimum atomic E-state index is -0.220. The first-order valence-electron chi connectivity index (χ1n) is 9.18. The molecule has 3 rings (SSSR count). The number of rotatable bonds is 4. The zero-order valence-electron chi connectivity index (χ0n) is 15.2. The van der Waals surface area contributed by atoms with E-state index < -0.39 is 0 Å². The third-order valence-electron chi connectivity index (χ3n) is 5.15. The number of benzene rings is 1. The Labute approximate surface area is 148 Å². The average molecular weight is 344 g/mol. The van der Waals surface area contributed by atoms with E-state index in [4.69, 9.17) is 4.42 Å². The molecule has 1 aromatic carbocycles. The molecule has 1 fully saturated rings. The van der Waals surface area contributed by atoms with Gasteiger partial charge in [0.15, 0.2) is 0 Å². The summed E-state index contributed by atoms with van der Waals surface area (Å²) in [6.07, 6.45) is 2.93. The van der Waals surface area contributed by atoms with E-state index in [0.717, 1.165) is 48.0 Å². The molecule has 1 aliphatic rings. The Kier molecular flexibility index (Phi) is 5.33. The highest BCUT2D eigenvalue weighted by molar-refractivity contribution is 5.82. The molecule has 3 N–H and O–H groups in total. The van der Waals surface area contributed by atoms with Crippen LogP contribution in [0.5, 0.6) is 0 Å². The molecule has 0 radical (unpaired) electrons. The summed E-state index contributed by atoms with van der Waals surface area (Å²) in [4.78, 5) is 12.5. The van der Waals surface area contributed by atoms with Crippen molar-refractivity contribution in [3.05, 3.63) is 35.6 Å². The molecule has 136 valence electrons.